The number of hydrogen-bond acceptors (Lipinski definition) is 4. The van der Waals surface area contributed by atoms with Gasteiger partial charge in [0.15, 0.2) is 0 Å². The Hall–Kier alpha value is -3.54. The van der Waals surface area contributed by atoms with Gasteiger partial charge in [0.2, 0.25) is 0 Å². The van der Waals surface area contributed by atoms with E-state index < -0.39 is 0 Å². The summed E-state index contributed by atoms with van der Waals surface area (Å²) >= 11 is 0. The normalized spacial score (nSPS) is 12.8. The predicted molar refractivity (Wildman–Crippen MR) is 99.5 cm³/mol. The first-order valence-electron chi connectivity index (χ1n) is 8.45. The van der Waals surface area contributed by atoms with Gasteiger partial charge in [0, 0.05) is 16.7 Å². The summed E-state index contributed by atoms with van der Waals surface area (Å²) < 4.78 is 8.08. The monoisotopic (exact) mass is 343 g/mol. The second kappa shape index (κ2) is 5.77. The maximum Gasteiger partial charge on any atom is 0.130 e. The maximum absolute atomic E-state index is 6.07. The molecule has 0 amide bonds. The van der Waals surface area contributed by atoms with Gasteiger partial charge >= 0.3 is 0 Å². The van der Waals surface area contributed by atoms with Gasteiger partial charge in [-0.2, -0.15) is 10.2 Å². The predicted octanol–water partition coefficient (Wildman–Crippen LogP) is 3.46. The summed E-state index contributed by atoms with van der Waals surface area (Å²) in [6, 6.07) is 18.4. The Morgan fingerprint density at radius 2 is 1.92 bits per heavy atom. The van der Waals surface area contributed by atoms with Gasteiger partial charge in [-0.15, -0.1) is 0 Å². The number of nitrogen functional groups attached to an aromatic ring is 1. The van der Waals surface area contributed by atoms with E-state index in [-0.39, 0.29) is 0 Å². The summed E-state index contributed by atoms with van der Waals surface area (Å²) in [6.45, 7) is 1.16. The maximum atomic E-state index is 6.07. The highest BCUT2D eigenvalue weighted by Gasteiger charge is 2.18. The summed E-state index contributed by atoms with van der Waals surface area (Å²) in [6.07, 6.45) is 1.73. The summed E-state index contributed by atoms with van der Waals surface area (Å²) in [5.41, 5.74) is 12.0. The highest BCUT2D eigenvalue weighted by atomic mass is 16.5. The fourth-order valence-electron chi connectivity index (χ4n) is 3.28. The molecule has 0 saturated heterocycles. The van der Waals surface area contributed by atoms with Crippen LogP contribution in [0.2, 0.25) is 0 Å². The summed E-state index contributed by atoms with van der Waals surface area (Å²) in [5, 5.41) is 11.5. The van der Waals surface area contributed by atoms with Crippen molar-refractivity contribution in [1.82, 2.24) is 20.0 Å². The molecule has 3 heterocycles. The molecule has 0 atom stereocenters. The molecule has 6 heteroatoms. The van der Waals surface area contributed by atoms with Crippen LogP contribution in [0.3, 0.4) is 0 Å². The van der Waals surface area contributed by atoms with Crippen molar-refractivity contribution in [3.63, 3.8) is 0 Å². The molecule has 128 valence electrons. The largest absolute Gasteiger partial charge is 0.487 e. The minimum atomic E-state index is 0.483. The van der Waals surface area contributed by atoms with Crippen molar-refractivity contribution in [1.29, 1.82) is 0 Å². The molecule has 0 aliphatic carbocycles. The van der Waals surface area contributed by atoms with Gasteiger partial charge in [0.1, 0.15) is 18.2 Å². The quantitative estimate of drug-likeness (QED) is 0.584. The zero-order chi connectivity index (χ0) is 17.5. The van der Waals surface area contributed by atoms with E-state index in [4.69, 9.17) is 15.6 Å². The molecule has 0 radical (unpaired) electrons. The minimum Gasteiger partial charge on any atom is -0.487 e. The molecule has 0 saturated carbocycles. The number of aromatic nitrogens is 4. The van der Waals surface area contributed by atoms with E-state index in [2.05, 4.69) is 34.5 Å². The molecule has 26 heavy (non-hydrogen) atoms. The van der Waals surface area contributed by atoms with Gasteiger partial charge in [-0.05, 0) is 17.7 Å². The molecule has 6 nitrogen and oxygen atoms in total. The molecule has 0 unspecified atom stereocenters. The second-order valence-electron chi connectivity index (χ2n) is 6.35. The smallest absolute Gasteiger partial charge is 0.130 e. The SMILES string of the molecule is Nc1[nH]ncc1-c1ccc2c(c1)OCc1cc(-c3ccccc3)nn1C2. The third-order valence-electron chi connectivity index (χ3n) is 4.68. The van der Waals surface area contributed by atoms with Gasteiger partial charge in [-0.25, -0.2) is 0 Å². The molecule has 0 bridgehead atoms. The van der Waals surface area contributed by atoms with Crippen LogP contribution in [0.1, 0.15) is 11.3 Å². The van der Waals surface area contributed by atoms with E-state index >= 15 is 0 Å². The van der Waals surface area contributed by atoms with Crippen molar-refractivity contribution in [3.05, 3.63) is 72.1 Å². The van der Waals surface area contributed by atoms with Crippen LogP contribution in [0.5, 0.6) is 5.75 Å². The van der Waals surface area contributed by atoms with E-state index in [1.165, 1.54) is 0 Å². The average Bonchev–Trinajstić information content (AvgIpc) is 3.24. The van der Waals surface area contributed by atoms with Crippen molar-refractivity contribution in [2.45, 2.75) is 13.2 Å². The Kier molecular flexibility index (Phi) is 3.28. The van der Waals surface area contributed by atoms with Gasteiger partial charge < -0.3 is 10.5 Å². The first kappa shape index (κ1) is 14.8. The molecular formula is C20H17N5O. The third kappa shape index (κ3) is 2.43. The average molecular weight is 343 g/mol. The molecule has 4 aromatic rings. The molecule has 1 aliphatic rings. The standard InChI is InChI=1S/C20H17N5O/c21-20-17(10-22-23-20)14-6-7-15-11-25-16(12-26-19(15)8-14)9-18(24-25)13-4-2-1-3-5-13/h1-10H,11-12H2,(H3,21,22,23). The van der Waals surface area contributed by atoms with Crippen LogP contribution in [0.4, 0.5) is 5.82 Å². The van der Waals surface area contributed by atoms with E-state index in [9.17, 15) is 0 Å². The number of nitrogens with two attached hydrogens (primary N) is 1. The molecule has 2 aromatic heterocycles. The van der Waals surface area contributed by atoms with Gasteiger partial charge in [0.25, 0.3) is 0 Å². The van der Waals surface area contributed by atoms with Crippen molar-refractivity contribution < 1.29 is 4.74 Å². The highest BCUT2D eigenvalue weighted by molar-refractivity contribution is 5.74. The number of anilines is 1. The fraction of sp³-hybridized carbons (Fsp3) is 0.100. The number of nitrogens with zero attached hydrogens (tertiary/aromatic N) is 3. The number of fused-ring (bicyclic) bond motifs is 2. The van der Waals surface area contributed by atoms with E-state index in [1.54, 1.807) is 6.20 Å². The number of rotatable bonds is 2. The summed E-state index contributed by atoms with van der Waals surface area (Å²) in [4.78, 5) is 0. The summed E-state index contributed by atoms with van der Waals surface area (Å²) in [5.74, 6) is 1.41. The lowest BCUT2D eigenvalue weighted by atomic mass is 10.1. The topological polar surface area (TPSA) is 81.8 Å². The molecule has 0 spiro atoms. The van der Waals surface area contributed by atoms with Crippen LogP contribution in [0.15, 0.2) is 60.8 Å². The van der Waals surface area contributed by atoms with Crippen molar-refractivity contribution in [2.24, 2.45) is 0 Å². The Bertz CT molecular complexity index is 1080. The molecule has 2 aromatic carbocycles. The highest BCUT2D eigenvalue weighted by Crippen LogP contribution is 2.33. The van der Waals surface area contributed by atoms with Crippen LogP contribution in [0.25, 0.3) is 22.4 Å². The number of benzene rings is 2. The Morgan fingerprint density at radius 1 is 1.04 bits per heavy atom. The molecule has 5 rings (SSSR count). The fourth-order valence-corrected chi connectivity index (χ4v) is 3.28. The number of nitrogens with one attached hydrogen (secondary N) is 1. The molecule has 0 fully saturated rings. The number of ether oxygens (including phenoxy) is 1. The first-order valence-corrected chi connectivity index (χ1v) is 8.45. The lowest BCUT2D eigenvalue weighted by Crippen LogP contribution is -2.03. The third-order valence-corrected chi connectivity index (χ3v) is 4.68. The van der Waals surface area contributed by atoms with Crippen LogP contribution in [0, 0.1) is 0 Å². The molecule has 1 aliphatic heterocycles. The van der Waals surface area contributed by atoms with Gasteiger partial charge in [-0.3, -0.25) is 9.78 Å². The van der Waals surface area contributed by atoms with Gasteiger partial charge in [0.05, 0.1) is 24.1 Å². The van der Waals surface area contributed by atoms with E-state index in [0.29, 0.717) is 19.0 Å². The number of aromatic amines is 1. The van der Waals surface area contributed by atoms with E-state index in [1.807, 2.05) is 35.0 Å². The lowest BCUT2D eigenvalue weighted by molar-refractivity contribution is 0.302. The van der Waals surface area contributed by atoms with Crippen LogP contribution >= 0.6 is 0 Å². The minimum absolute atomic E-state index is 0.483. The van der Waals surface area contributed by atoms with E-state index in [0.717, 1.165) is 39.4 Å². The zero-order valence-electron chi connectivity index (χ0n) is 14.0. The Balaban J connectivity index is 1.50. The lowest BCUT2D eigenvalue weighted by Gasteiger charge is -2.09. The Labute approximate surface area is 150 Å². The number of hydrogen-bond donors (Lipinski definition) is 2. The van der Waals surface area contributed by atoms with Crippen LogP contribution in [-0.2, 0) is 13.2 Å². The van der Waals surface area contributed by atoms with Crippen LogP contribution in [-0.4, -0.2) is 20.0 Å². The zero-order valence-corrected chi connectivity index (χ0v) is 14.0. The second-order valence-corrected chi connectivity index (χ2v) is 6.35. The van der Waals surface area contributed by atoms with Crippen molar-refractivity contribution >= 4 is 5.82 Å². The summed E-state index contributed by atoms with van der Waals surface area (Å²) in [7, 11) is 0. The molecule has 3 N–H and O–H groups in total. The van der Waals surface area contributed by atoms with Gasteiger partial charge in [-0.1, -0.05) is 42.5 Å². The van der Waals surface area contributed by atoms with Crippen molar-refractivity contribution in [2.75, 3.05) is 5.73 Å². The Morgan fingerprint density at radius 3 is 2.73 bits per heavy atom. The van der Waals surface area contributed by atoms with Crippen molar-refractivity contribution in [3.8, 4) is 28.1 Å². The van der Waals surface area contributed by atoms with Crippen LogP contribution < -0.4 is 10.5 Å². The number of H-pyrrole nitrogens is 1. The first-order chi connectivity index (χ1) is 12.8. The molecular weight excluding hydrogens is 326 g/mol.